The summed E-state index contributed by atoms with van der Waals surface area (Å²) in [7, 11) is 0. The average Bonchev–Trinajstić information content (AvgIpc) is 2.82. The van der Waals surface area contributed by atoms with Crippen molar-refractivity contribution in [2.45, 2.75) is 51.8 Å². The minimum absolute atomic E-state index is 0.323. The third-order valence-corrected chi connectivity index (χ3v) is 3.06. The van der Waals surface area contributed by atoms with Gasteiger partial charge < -0.3 is 15.0 Å². The van der Waals surface area contributed by atoms with Crippen LogP contribution in [0.5, 0.6) is 0 Å². The Morgan fingerprint density at radius 1 is 1.50 bits per heavy atom. The van der Waals surface area contributed by atoms with E-state index < -0.39 is 0 Å². The minimum Gasteiger partial charge on any atom is -0.378 e. The summed E-state index contributed by atoms with van der Waals surface area (Å²) < 4.78 is 7.73. The molecule has 0 amide bonds. The largest absolute Gasteiger partial charge is 0.378 e. The molecule has 16 heavy (non-hydrogen) atoms. The van der Waals surface area contributed by atoms with Crippen molar-refractivity contribution in [3.05, 3.63) is 11.6 Å². The van der Waals surface area contributed by atoms with E-state index >= 15 is 0 Å². The number of hydrogen-bond acceptors (Lipinski definition) is 4. The standard InChI is InChI=1S/C11H20N4O/c1-7(2)15-10(5-12)13-14-11(15)9-4-8(3)16-6-9/h7-9H,4-6,12H2,1-3H3. The van der Waals surface area contributed by atoms with Crippen LogP contribution in [0.2, 0.25) is 0 Å². The first-order valence-corrected chi connectivity index (χ1v) is 5.88. The molecule has 2 heterocycles. The summed E-state index contributed by atoms with van der Waals surface area (Å²) in [5.74, 6) is 2.26. The van der Waals surface area contributed by atoms with Crippen molar-refractivity contribution in [3.63, 3.8) is 0 Å². The fourth-order valence-electron chi connectivity index (χ4n) is 2.31. The topological polar surface area (TPSA) is 66.0 Å². The van der Waals surface area contributed by atoms with Gasteiger partial charge in [0.05, 0.1) is 19.3 Å². The van der Waals surface area contributed by atoms with Crippen molar-refractivity contribution in [1.29, 1.82) is 0 Å². The molecule has 1 aromatic rings. The number of ether oxygens (including phenoxy) is 1. The summed E-state index contributed by atoms with van der Waals surface area (Å²) in [6.45, 7) is 7.54. The van der Waals surface area contributed by atoms with E-state index in [-0.39, 0.29) is 0 Å². The van der Waals surface area contributed by atoms with Crippen LogP contribution in [0.1, 0.15) is 50.8 Å². The van der Waals surface area contributed by atoms with Crippen molar-refractivity contribution in [3.8, 4) is 0 Å². The second kappa shape index (κ2) is 4.51. The number of hydrogen-bond donors (Lipinski definition) is 1. The highest BCUT2D eigenvalue weighted by Gasteiger charge is 2.29. The maximum absolute atomic E-state index is 5.67. The molecular formula is C11H20N4O. The Kier molecular flexibility index (Phi) is 3.25. The van der Waals surface area contributed by atoms with Gasteiger partial charge in [-0.2, -0.15) is 0 Å². The van der Waals surface area contributed by atoms with Crippen LogP contribution in [-0.4, -0.2) is 27.5 Å². The Morgan fingerprint density at radius 3 is 2.75 bits per heavy atom. The van der Waals surface area contributed by atoms with Gasteiger partial charge in [-0.1, -0.05) is 0 Å². The fourth-order valence-corrected chi connectivity index (χ4v) is 2.31. The van der Waals surface area contributed by atoms with Crippen LogP contribution in [0.3, 0.4) is 0 Å². The maximum Gasteiger partial charge on any atom is 0.147 e. The second-order valence-corrected chi connectivity index (χ2v) is 4.72. The van der Waals surface area contributed by atoms with Crippen LogP contribution >= 0.6 is 0 Å². The van der Waals surface area contributed by atoms with Crippen molar-refractivity contribution in [2.75, 3.05) is 6.61 Å². The normalized spacial score (nSPS) is 25.6. The van der Waals surface area contributed by atoms with E-state index in [1.807, 2.05) is 0 Å². The molecule has 1 aliphatic heterocycles. The molecule has 2 atom stereocenters. The molecule has 2 N–H and O–H groups in total. The minimum atomic E-state index is 0.323. The number of aromatic nitrogens is 3. The molecule has 1 fully saturated rings. The maximum atomic E-state index is 5.67. The molecule has 5 heteroatoms. The Morgan fingerprint density at radius 2 is 2.25 bits per heavy atom. The first-order valence-electron chi connectivity index (χ1n) is 5.88. The van der Waals surface area contributed by atoms with Gasteiger partial charge in [0.25, 0.3) is 0 Å². The first-order chi connectivity index (χ1) is 7.63. The molecule has 0 bridgehead atoms. The van der Waals surface area contributed by atoms with Crippen LogP contribution in [0.15, 0.2) is 0 Å². The predicted octanol–water partition coefficient (Wildman–Crippen LogP) is 1.21. The van der Waals surface area contributed by atoms with Crippen molar-refractivity contribution in [1.82, 2.24) is 14.8 Å². The molecule has 2 unspecified atom stereocenters. The van der Waals surface area contributed by atoms with E-state index in [0.717, 1.165) is 24.7 Å². The van der Waals surface area contributed by atoms with Gasteiger partial charge in [-0.3, -0.25) is 0 Å². The lowest BCUT2D eigenvalue weighted by Crippen LogP contribution is -2.15. The summed E-state index contributed by atoms with van der Waals surface area (Å²) in [6, 6.07) is 0.347. The van der Waals surface area contributed by atoms with E-state index in [1.165, 1.54) is 0 Å². The lowest BCUT2D eigenvalue weighted by Gasteiger charge is -2.16. The number of nitrogens with zero attached hydrogens (tertiary/aromatic N) is 3. The SMILES string of the molecule is CC1CC(c2nnc(CN)n2C(C)C)CO1. The highest BCUT2D eigenvalue weighted by molar-refractivity contribution is 5.06. The second-order valence-electron chi connectivity index (χ2n) is 4.72. The lowest BCUT2D eigenvalue weighted by atomic mass is 10.1. The van der Waals surface area contributed by atoms with Gasteiger partial charge in [-0.05, 0) is 27.2 Å². The van der Waals surface area contributed by atoms with Crippen LogP contribution in [-0.2, 0) is 11.3 Å². The van der Waals surface area contributed by atoms with E-state index in [4.69, 9.17) is 10.5 Å². The summed E-state index contributed by atoms with van der Waals surface area (Å²) in [4.78, 5) is 0. The lowest BCUT2D eigenvalue weighted by molar-refractivity contribution is 0.123. The smallest absolute Gasteiger partial charge is 0.147 e. The first kappa shape index (κ1) is 11.5. The molecule has 1 saturated heterocycles. The van der Waals surface area contributed by atoms with Crippen molar-refractivity contribution in [2.24, 2.45) is 5.73 Å². The quantitative estimate of drug-likeness (QED) is 0.838. The van der Waals surface area contributed by atoms with Gasteiger partial charge in [0, 0.05) is 12.0 Å². The Labute approximate surface area is 96.0 Å². The molecule has 1 aliphatic rings. The van der Waals surface area contributed by atoms with Crippen LogP contribution in [0.25, 0.3) is 0 Å². The van der Waals surface area contributed by atoms with Crippen LogP contribution in [0, 0.1) is 0 Å². The van der Waals surface area contributed by atoms with Gasteiger partial charge in [-0.25, -0.2) is 0 Å². The Bertz CT molecular complexity index is 361. The zero-order valence-corrected chi connectivity index (χ0v) is 10.2. The zero-order valence-electron chi connectivity index (χ0n) is 10.2. The molecule has 0 spiro atoms. The molecule has 1 aromatic heterocycles. The highest BCUT2D eigenvalue weighted by atomic mass is 16.5. The van der Waals surface area contributed by atoms with E-state index in [2.05, 4.69) is 35.5 Å². The fraction of sp³-hybridized carbons (Fsp3) is 0.818. The zero-order chi connectivity index (χ0) is 11.7. The van der Waals surface area contributed by atoms with Gasteiger partial charge in [0.2, 0.25) is 0 Å². The van der Waals surface area contributed by atoms with Crippen molar-refractivity contribution < 1.29 is 4.74 Å². The predicted molar refractivity (Wildman–Crippen MR) is 61.1 cm³/mol. The Hall–Kier alpha value is -0.940. The van der Waals surface area contributed by atoms with Crippen LogP contribution in [0.4, 0.5) is 0 Å². The molecular weight excluding hydrogens is 204 g/mol. The van der Waals surface area contributed by atoms with Gasteiger partial charge in [-0.15, -0.1) is 10.2 Å². The molecule has 0 radical (unpaired) electrons. The molecule has 0 saturated carbocycles. The average molecular weight is 224 g/mol. The summed E-state index contributed by atoms with van der Waals surface area (Å²) in [5, 5.41) is 8.44. The third kappa shape index (κ3) is 1.97. The van der Waals surface area contributed by atoms with E-state index in [0.29, 0.717) is 24.6 Å². The van der Waals surface area contributed by atoms with E-state index in [9.17, 15) is 0 Å². The Balaban J connectivity index is 2.30. The van der Waals surface area contributed by atoms with Crippen LogP contribution < -0.4 is 5.73 Å². The molecule has 0 aromatic carbocycles. The summed E-state index contributed by atoms with van der Waals surface area (Å²) in [6.07, 6.45) is 1.35. The number of rotatable bonds is 3. The monoisotopic (exact) mass is 224 g/mol. The summed E-state index contributed by atoms with van der Waals surface area (Å²) in [5.41, 5.74) is 5.67. The molecule has 0 aliphatic carbocycles. The number of nitrogens with two attached hydrogens (primary N) is 1. The van der Waals surface area contributed by atoms with Crippen molar-refractivity contribution >= 4 is 0 Å². The van der Waals surface area contributed by atoms with Gasteiger partial charge in [0.1, 0.15) is 11.6 Å². The summed E-state index contributed by atoms with van der Waals surface area (Å²) >= 11 is 0. The van der Waals surface area contributed by atoms with Gasteiger partial charge >= 0.3 is 0 Å². The molecule has 90 valence electrons. The van der Waals surface area contributed by atoms with Gasteiger partial charge in [0.15, 0.2) is 0 Å². The molecule has 5 nitrogen and oxygen atoms in total. The van der Waals surface area contributed by atoms with E-state index in [1.54, 1.807) is 0 Å². The highest BCUT2D eigenvalue weighted by Crippen LogP contribution is 2.29. The molecule has 2 rings (SSSR count). The third-order valence-electron chi connectivity index (χ3n) is 3.06.